The molecule has 1 amide bonds. The quantitative estimate of drug-likeness (QED) is 0.838. The minimum atomic E-state index is -0.156. The third-order valence-electron chi connectivity index (χ3n) is 2.83. The van der Waals surface area contributed by atoms with E-state index in [1.807, 2.05) is 19.0 Å². The summed E-state index contributed by atoms with van der Waals surface area (Å²) in [5.74, 6) is 0.526. The predicted octanol–water partition coefficient (Wildman–Crippen LogP) is 2.19. The summed E-state index contributed by atoms with van der Waals surface area (Å²) in [4.78, 5) is 20.3. The summed E-state index contributed by atoms with van der Waals surface area (Å²) in [5.41, 5.74) is 0.300. The zero-order valence-corrected chi connectivity index (χ0v) is 13.4. The molecule has 6 heteroatoms. The molecule has 0 aliphatic carbocycles. The molecule has 0 radical (unpaired) electrons. The molecule has 0 fully saturated rings. The van der Waals surface area contributed by atoms with Crippen LogP contribution in [0.1, 0.15) is 23.8 Å². The number of aromatic nitrogens is 1. The van der Waals surface area contributed by atoms with Gasteiger partial charge in [-0.3, -0.25) is 4.79 Å². The van der Waals surface area contributed by atoms with Gasteiger partial charge in [0.1, 0.15) is 11.5 Å². The topological polar surface area (TPSA) is 48.5 Å². The fourth-order valence-corrected chi connectivity index (χ4v) is 1.76. The Morgan fingerprint density at radius 3 is 2.60 bits per heavy atom. The molecule has 0 unspecified atom stereocenters. The molecular formula is C14H23ClN4O. The summed E-state index contributed by atoms with van der Waals surface area (Å²) >= 11 is 6.08. The van der Waals surface area contributed by atoms with Crippen LogP contribution >= 0.6 is 11.6 Å². The molecule has 112 valence electrons. The van der Waals surface area contributed by atoms with Gasteiger partial charge in [-0.25, -0.2) is 4.98 Å². The second-order valence-electron chi connectivity index (χ2n) is 4.98. The van der Waals surface area contributed by atoms with Gasteiger partial charge in [0.15, 0.2) is 0 Å². The van der Waals surface area contributed by atoms with Gasteiger partial charge in [0.2, 0.25) is 0 Å². The number of carbonyl (C=O) groups excluding carboxylic acids is 1. The molecule has 1 aromatic rings. The van der Waals surface area contributed by atoms with Crippen molar-refractivity contribution in [1.29, 1.82) is 0 Å². The minimum absolute atomic E-state index is 0.156. The molecule has 0 aliphatic rings. The van der Waals surface area contributed by atoms with Crippen molar-refractivity contribution < 1.29 is 4.79 Å². The van der Waals surface area contributed by atoms with Crippen LogP contribution in [0.15, 0.2) is 12.1 Å². The van der Waals surface area contributed by atoms with Gasteiger partial charge in [0.05, 0.1) is 5.02 Å². The molecule has 0 saturated carbocycles. The highest BCUT2D eigenvalue weighted by Gasteiger charge is 2.17. The van der Waals surface area contributed by atoms with Gasteiger partial charge in [-0.1, -0.05) is 18.5 Å². The van der Waals surface area contributed by atoms with E-state index in [4.69, 9.17) is 11.6 Å². The maximum atomic E-state index is 12.3. The first-order valence-electron chi connectivity index (χ1n) is 6.76. The van der Waals surface area contributed by atoms with Crippen LogP contribution in [0.2, 0.25) is 5.02 Å². The highest BCUT2D eigenvalue weighted by atomic mass is 35.5. The van der Waals surface area contributed by atoms with Crippen molar-refractivity contribution >= 4 is 23.3 Å². The van der Waals surface area contributed by atoms with Crippen LogP contribution in [0.25, 0.3) is 0 Å². The highest BCUT2D eigenvalue weighted by Crippen LogP contribution is 2.18. The Kier molecular flexibility index (Phi) is 6.75. The minimum Gasteiger partial charge on any atom is -0.370 e. The van der Waals surface area contributed by atoms with Gasteiger partial charge < -0.3 is 15.1 Å². The molecule has 0 spiro atoms. The first-order valence-corrected chi connectivity index (χ1v) is 7.14. The van der Waals surface area contributed by atoms with Crippen molar-refractivity contribution in [3.05, 3.63) is 22.8 Å². The lowest BCUT2D eigenvalue weighted by atomic mass is 10.3. The molecule has 0 aromatic carbocycles. The number of halogens is 1. The SMILES string of the molecule is CCCNc1ccc(Cl)c(C(=O)N(C)CCN(C)C)n1. The second-order valence-corrected chi connectivity index (χ2v) is 5.39. The van der Waals surface area contributed by atoms with Gasteiger partial charge in [-0.2, -0.15) is 0 Å². The monoisotopic (exact) mass is 298 g/mol. The number of pyridine rings is 1. The molecule has 1 heterocycles. The van der Waals surface area contributed by atoms with E-state index in [1.165, 1.54) is 0 Å². The van der Waals surface area contributed by atoms with Gasteiger partial charge in [-0.05, 0) is 32.6 Å². The molecule has 20 heavy (non-hydrogen) atoms. The molecule has 0 saturated heterocycles. The lowest BCUT2D eigenvalue weighted by Gasteiger charge is -2.20. The van der Waals surface area contributed by atoms with Crippen LogP contribution < -0.4 is 5.32 Å². The number of hydrogen-bond donors (Lipinski definition) is 1. The standard InChI is InChI=1S/C14H23ClN4O/c1-5-8-16-12-7-6-11(15)13(17-12)14(20)19(4)10-9-18(2)3/h6-7H,5,8-10H2,1-4H3,(H,16,17). The summed E-state index contributed by atoms with van der Waals surface area (Å²) in [5, 5.41) is 3.54. The fourth-order valence-electron chi connectivity index (χ4n) is 1.58. The molecule has 0 bridgehead atoms. The Hall–Kier alpha value is -1.33. The van der Waals surface area contributed by atoms with Crippen LogP contribution in [-0.2, 0) is 0 Å². The Labute approximate surface area is 125 Å². The van der Waals surface area contributed by atoms with Crippen LogP contribution in [0.5, 0.6) is 0 Å². The van der Waals surface area contributed by atoms with E-state index in [9.17, 15) is 4.79 Å². The van der Waals surface area contributed by atoms with E-state index in [0.29, 0.717) is 23.1 Å². The number of nitrogens with zero attached hydrogens (tertiary/aromatic N) is 3. The van der Waals surface area contributed by atoms with Crippen LogP contribution in [0.4, 0.5) is 5.82 Å². The first kappa shape index (κ1) is 16.7. The van der Waals surface area contributed by atoms with E-state index < -0.39 is 0 Å². The maximum absolute atomic E-state index is 12.3. The Morgan fingerprint density at radius 2 is 2.00 bits per heavy atom. The average molecular weight is 299 g/mol. The Balaban J connectivity index is 2.80. The van der Waals surface area contributed by atoms with Crippen LogP contribution in [0, 0.1) is 0 Å². The molecule has 1 rings (SSSR count). The highest BCUT2D eigenvalue weighted by molar-refractivity contribution is 6.33. The van der Waals surface area contributed by atoms with Gasteiger partial charge in [-0.15, -0.1) is 0 Å². The molecule has 0 aliphatic heterocycles. The fraction of sp³-hybridized carbons (Fsp3) is 0.571. The summed E-state index contributed by atoms with van der Waals surface area (Å²) in [6.07, 6.45) is 0.996. The van der Waals surface area contributed by atoms with Crippen molar-refractivity contribution in [2.45, 2.75) is 13.3 Å². The molecule has 0 atom stereocenters. The first-order chi connectivity index (χ1) is 9.45. The van der Waals surface area contributed by atoms with Gasteiger partial charge in [0.25, 0.3) is 5.91 Å². The second kappa shape index (κ2) is 8.07. The van der Waals surface area contributed by atoms with Crippen molar-refractivity contribution in [1.82, 2.24) is 14.8 Å². The number of nitrogens with one attached hydrogen (secondary N) is 1. The lowest BCUT2D eigenvalue weighted by Crippen LogP contribution is -2.34. The normalized spacial score (nSPS) is 10.7. The van der Waals surface area contributed by atoms with E-state index in [2.05, 4.69) is 17.2 Å². The lowest BCUT2D eigenvalue weighted by molar-refractivity contribution is 0.0781. The number of hydrogen-bond acceptors (Lipinski definition) is 4. The van der Waals surface area contributed by atoms with Gasteiger partial charge in [0, 0.05) is 26.7 Å². The zero-order chi connectivity index (χ0) is 15.1. The molecule has 1 aromatic heterocycles. The number of carbonyl (C=O) groups is 1. The molecular weight excluding hydrogens is 276 g/mol. The van der Waals surface area contributed by atoms with Crippen molar-refractivity contribution in [3.63, 3.8) is 0 Å². The summed E-state index contributed by atoms with van der Waals surface area (Å²) < 4.78 is 0. The molecule has 5 nitrogen and oxygen atoms in total. The summed E-state index contributed by atoms with van der Waals surface area (Å²) in [6.45, 7) is 4.33. The van der Waals surface area contributed by atoms with E-state index in [-0.39, 0.29) is 5.91 Å². The largest absolute Gasteiger partial charge is 0.370 e. The van der Waals surface area contributed by atoms with E-state index in [0.717, 1.165) is 19.5 Å². The smallest absolute Gasteiger partial charge is 0.273 e. The molecule has 1 N–H and O–H groups in total. The number of amides is 1. The summed E-state index contributed by atoms with van der Waals surface area (Å²) in [6, 6.07) is 3.49. The van der Waals surface area contributed by atoms with Crippen LogP contribution in [-0.4, -0.2) is 61.5 Å². The number of rotatable bonds is 7. The third kappa shape index (κ3) is 4.98. The maximum Gasteiger partial charge on any atom is 0.273 e. The van der Waals surface area contributed by atoms with Gasteiger partial charge >= 0.3 is 0 Å². The number of likely N-dealkylation sites (N-methyl/N-ethyl adjacent to an activating group) is 2. The van der Waals surface area contributed by atoms with Crippen molar-refractivity contribution in [3.8, 4) is 0 Å². The zero-order valence-electron chi connectivity index (χ0n) is 12.6. The van der Waals surface area contributed by atoms with E-state index >= 15 is 0 Å². The number of anilines is 1. The average Bonchev–Trinajstić information content (AvgIpc) is 2.43. The van der Waals surface area contributed by atoms with E-state index in [1.54, 1.807) is 24.1 Å². The van der Waals surface area contributed by atoms with Crippen LogP contribution in [0.3, 0.4) is 0 Å². The summed E-state index contributed by atoms with van der Waals surface area (Å²) in [7, 11) is 5.70. The third-order valence-corrected chi connectivity index (χ3v) is 3.14. The Morgan fingerprint density at radius 1 is 1.30 bits per heavy atom. The van der Waals surface area contributed by atoms with Crippen molar-refractivity contribution in [2.24, 2.45) is 0 Å². The Bertz CT molecular complexity index is 451. The predicted molar refractivity (Wildman–Crippen MR) is 83.5 cm³/mol. The van der Waals surface area contributed by atoms with Crippen molar-refractivity contribution in [2.75, 3.05) is 46.1 Å².